The number of hydrogen-bond donors (Lipinski definition) is 1. The molecule has 1 heterocycles. The molecule has 1 atom stereocenters. The lowest BCUT2D eigenvalue weighted by atomic mass is 9.96. The predicted molar refractivity (Wildman–Crippen MR) is 98.3 cm³/mol. The van der Waals surface area contributed by atoms with E-state index in [2.05, 4.69) is 5.32 Å². The summed E-state index contributed by atoms with van der Waals surface area (Å²) in [7, 11) is 0. The fourth-order valence-corrected chi connectivity index (χ4v) is 3.26. The summed E-state index contributed by atoms with van der Waals surface area (Å²) < 4.78 is 13.2. The molecule has 0 saturated carbocycles. The summed E-state index contributed by atoms with van der Waals surface area (Å²) in [6, 6.07) is 12.9. The van der Waals surface area contributed by atoms with Crippen molar-refractivity contribution in [2.75, 3.05) is 13.1 Å². The lowest BCUT2D eigenvalue weighted by Gasteiger charge is -2.32. The first-order valence-corrected chi connectivity index (χ1v) is 8.98. The van der Waals surface area contributed by atoms with Crippen LogP contribution in [0.1, 0.15) is 28.8 Å². The highest BCUT2D eigenvalue weighted by atomic mass is 35.5. The van der Waals surface area contributed by atoms with Gasteiger partial charge >= 0.3 is 0 Å². The zero-order valence-corrected chi connectivity index (χ0v) is 15.0. The van der Waals surface area contributed by atoms with E-state index in [1.54, 1.807) is 41.3 Å². The monoisotopic (exact) mass is 374 g/mol. The summed E-state index contributed by atoms with van der Waals surface area (Å²) in [4.78, 5) is 26.8. The molecule has 2 aromatic carbocycles. The van der Waals surface area contributed by atoms with Crippen LogP contribution < -0.4 is 5.32 Å². The van der Waals surface area contributed by atoms with Crippen molar-refractivity contribution in [2.24, 2.45) is 5.92 Å². The molecule has 3 rings (SSSR count). The van der Waals surface area contributed by atoms with Gasteiger partial charge in [0.2, 0.25) is 5.91 Å². The first-order chi connectivity index (χ1) is 12.5. The molecule has 1 saturated heterocycles. The molecule has 0 aliphatic carbocycles. The molecule has 136 valence electrons. The van der Waals surface area contributed by atoms with E-state index < -0.39 is 0 Å². The van der Waals surface area contributed by atoms with E-state index in [0.717, 1.165) is 12.8 Å². The average Bonchev–Trinajstić information content (AvgIpc) is 2.66. The Labute approximate surface area is 157 Å². The minimum absolute atomic E-state index is 0.0932. The second-order valence-corrected chi connectivity index (χ2v) is 6.88. The van der Waals surface area contributed by atoms with Crippen LogP contribution in [0.2, 0.25) is 5.02 Å². The van der Waals surface area contributed by atoms with Gasteiger partial charge in [-0.25, -0.2) is 4.39 Å². The second kappa shape index (κ2) is 8.32. The van der Waals surface area contributed by atoms with Gasteiger partial charge in [-0.3, -0.25) is 9.59 Å². The molecule has 6 heteroatoms. The second-order valence-electron chi connectivity index (χ2n) is 6.44. The fraction of sp³-hybridized carbons (Fsp3) is 0.300. The third-order valence-electron chi connectivity index (χ3n) is 4.53. The molecule has 0 radical (unpaired) electrons. The smallest absolute Gasteiger partial charge is 0.253 e. The number of hydrogen-bond acceptors (Lipinski definition) is 2. The molecule has 1 fully saturated rings. The van der Waals surface area contributed by atoms with Gasteiger partial charge < -0.3 is 10.2 Å². The van der Waals surface area contributed by atoms with Crippen molar-refractivity contribution < 1.29 is 14.0 Å². The van der Waals surface area contributed by atoms with Crippen LogP contribution in [0.15, 0.2) is 48.5 Å². The van der Waals surface area contributed by atoms with Gasteiger partial charge in [0.25, 0.3) is 5.91 Å². The van der Waals surface area contributed by atoms with E-state index >= 15 is 0 Å². The molecule has 4 nitrogen and oxygen atoms in total. The van der Waals surface area contributed by atoms with Crippen molar-refractivity contribution in [3.05, 3.63) is 70.5 Å². The number of benzene rings is 2. The fourth-order valence-electron chi connectivity index (χ4n) is 3.13. The third kappa shape index (κ3) is 4.61. The third-order valence-corrected chi connectivity index (χ3v) is 4.78. The zero-order valence-electron chi connectivity index (χ0n) is 14.3. The molecule has 2 aromatic rings. The minimum atomic E-state index is -0.325. The van der Waals surface area contributed by atoms with Gasteiger partial charge in [-0.15, -0.1) is 0 Å². The summed E-state index contributed by atoms with van der Waals surface area (Å²) in [6.45, 7) is 1.30. The van der Waals surface area contributed by atoms with E-state index in [1.807, 2.05) is 0 Å². The summed E-state index contributed by atoms with van der Waals surface area (Å²) in [5.74, 6) is -0.783. The average molecular weight is 375 g/mol. The Morgan fingerprint density at radius 3 is 2.69 bits per heavy atom. The molecule has 0 spiro atoms. The summed E-state index contributed by atoms with van der Waals surface area (Å²) >= 11 is 5.86. The molecule has 1 aliphatic heterocycles. The van der Waals surface area contributed by atoms with Crippen molar-refractivity contribution in [1.82, 2.24) is 10.2 Å². The Morgan fingerprint density at radius 1 is 1.19 bits per heavy atom. The van der Waals surface area contributed by atoms with Crippen molar-refractivity contribution in [3.8, 4) is 0 Å². The topological polar surface area (TPSA) is 49.4 Å². The SMILES string of the molecule is O=C(NCc1cccc(F)c1)C1CCCN(C(=O)c2ccc(Cl)cc2)C1. The quantitative estimate of drug-likeness (QED) is 0.888. The van der Waals surface area contributed by atoms with Crippen molar-refractivity contribution in [2.45, 2.75) is 19.4 Å². The largest absolute Gasteiger partial charge is 0.352 e. The Bertz CT molecular complexity index is 795. The maximum atomic E-state index is 13.2. The van der Waals surface area contributed by atoms with Crippen LogP contribution in [-0.4, -0.2) is 29.8 Å². The molecule has 0 aromatic heterocycles. The molecular weight excluding hydrogens is 355 g/mol. The molecule has 1 N–H and O–H groups in total. The van der Waals surface area contributed by atoms with E-state index in [0.29, 0.717) is 29.2 Å². The minimum Gasteiger partial charge on any atom is -0.352 e. The lowest BCUT2D eigenvalue weighted by molar-refractivity contribution is -0.126. The number of nitrogens with one attached hydrogen (secondary N) is 1. The first-order valence-electron chi connectivity index (χ1n) is 8.60. The van der Waals surface area contributed by atoms with Crippen LogP contribution in [-0.2, 0) is 11.3 Å². The lowest BCUT2D eigenvalue weighted by Crippen LogP contribution is -2.45. The highest BCUT2D eigenvalue weighted by Gasteiger charge is 2.28. The first kappa shape index (κ1) is 18.4. The number of rotatable bonds is 4. The number of piperidine rings is 1. The number of likely N-dealkylation sites (tertiary alicyclic amines) is 1. The number of carbonyl (C=O) groups is 2. The standard InChI is InChI=1S/C20H20ClFN2O2/c21-17-8-6-15(7-9-17)20(26)24-10-2-4-16(13-24)19(25)23-12-14-3-1-5-18(22)11-14/h1,3,5-9,11,16H,2,4,10,12-13H2,(H,23,25). The number of halogens is 2. The summed E-state index contributed by atoms with van der Waals surface area (Å²) in [5.41, 5.74) is 1.28. The van der Waals surface area contributed by atoms with Gasteiger partial charge in [-0.2, -0.15) is 0 Å². The molecule has 1 unspecified atom stereocenters. The molecule has 2 amide bonds. The van der Waals surface area contributed by atoms with Crippen molar-refractivity contribution >= 4 is 23.4 Å². The van der Waals surface area contributed by atoms with Gasteiger partial charge in [0.1, 0.15) is 5.82 Å². The van der Waals surface area contributed by atoms with Crippen LogP contribution >= 0.6 is 11.6 Å². The van der Waals surface area contributed by atoms with E-state index in [9.17, 15) is 14.0 Å². The van der Waals surface area contributed by atoms with Crippen molar-refractivity contribution in [3.63, 3.8) is 0 Å². The van der Waals surface area contributed by atoms with Gasteiger partial charge in [-0.05, 0) is 54.8 Å². The van der Waals surface area contributed by atoms with Gasteiger partial charge in [0, 0.05) is 30.2 Å². The summed E-state index contributed by atoms with van der Waals surface area (Å²) in [6.07, 6.45) is 1.51. The highest BCUT2D eigenvalue weighted by Crippen LogP contribution is 2.20. The van der Waals surface area contributed by atoms with Gasteiger partial charge in [0.15, 0.2) is 0 Å². The molecule has 1 aliphatic rings. The van der Waals surface area contributed by atoms with E-state index in [4.69, 9.17) is 11.6 Å². The van der Waals surface area contributed by atoms with Crippen LogP contribution in [0.5, 0.6) is 0 Å². The van der Waals surface area contributed by atoms with Crippen LogP contribution in [0.25, 0.3) is 0 Å². The molecule has 0 bridgehead atoms. The summed E-state index contributed by atoms with van der Waals surface area (Å²) in [5, 5.41) is 3.42. The highest BCUT2D eigenvalue weighted by molar-refractivity contribution is 6.30. The zero-order chi connectivity index (χ0) is 18.5. The van der Waals surface area contributed by atoms with E-state index in [1.165, 1.54) is 12.1 Å². The Morgan fingerprint density at radius 2 is 1.96 bits per heavy atom. The molecular formula is C20H20ClFN2O2. The van der Waals surface area contributed by atoms with Gasteiger partial charge in [-0.1, -0.05) is 23.7 Å². The Balaban J connectivity index is 1.58. The van der Waals surface area contributed by atoms with Gasteiger partial charge in [0.05, 0.1) is 5.92 Å². The maximum absolute atomic E-state index is 13.2. The van der Waals surface area contributed by atoms with Crippen molar-refractivity contribution in [1.29, 1.82) is 0 Å². The number of amides is 2. The predicted octanol–water partition coefficient (Wildman–Crippen LogP) is 3.65. The number of nitrogens with zero attached hydrogens (tertiary/aromatic N) is 1. The maximum Gasteiger partial charge on any atom is 0.253 e. The van der Waals surface area contributed by atoms with Crippen LogP contribution in [0.3, 0.4) is 0 Å². The van der Waals surface area contributed by atoms with Crippen LogP contribution in [0, 0.1) is 11.7 Å². The normalized spacial score (nSPS) is 17.0. The number of carbonyl (C=O) groups excluding carboxylic acids is 2. The molecule has 26 heavy (non-hydrogen) atoms. The Kier molecular flexibility index (Phi) is 5.89. The Hall–Kier alpha value is -2.40. The van der Waals surface area contributed by atoms with Crippen LogP contribution in [0.4, 0.5) is 4.39 Å². The van der Waals surface area contributed by atoms with E-state index in [-0.39, 0.29) is 30.1 Å².